The molecule has 0 aromatic carbocycles. The molecule has 0 saturated carbocycles. The maximum absolute atomic E-state index is 13.0. The Morgan fingerprint density at radius 1 is 1.46 bits per heavy atom. The third-order valence-corrected chi connectivity index (χ3v) is 1.48. The number of hydrogen-bond donors (Lipinski definition) is 1. The Morgan fingerprint density at radius 3 is 2.54 bits per heavy atom. The van der Waals surface area contributed by atoms with E-state index < -0.39 is 12.0 Å². The Balaban J connectivity index is 3.02. The summed E-state index contributed by atoms with van der Waals surface area (Å²) in [5, 5.41) is 1.49. The Labute approximate surface area is 70.9 Å². The number of carbonyl (C=O) groups excluding carboxylic acids is 1. The molecule has 6 heteroatoms. The van der Waals surface area contributed by atoms with Gasteiger partial charge in [-0.2, -0.15) is 13.2 Å². The van der Waals surface area contributed by atoms with Crippen LogP contribution in [0.2, 0.25) is 0 Å². The van der Waals surface area contributed by atoms with Gasteiger partial charge in [-0.3, -0.25) is 4.79 Å². The molecule has 2 nitrogen and oxygen atoms in total. The van der Waals surface area contributed by atoms with E-state index in [0.717, 1.165) is 12.3 Å². The quantitative estimate of drug-likeness (QED) is 0.390. The van der Waals surface area contributed by atoms with E-state index in [0.29, 0.717) is 0 Å². The largest absolute Gasteiger partial charge is 0.445 e. The Kier molecular flexibility index (Phi) is 2.15. The Bertz CT molecular complexity index is 281. The van der Waals surface area contributed by atoms with Gasteiger partial charge in [0.2, 0.25) is 0 Å². The SMILES string of the molecule is O=CC1=CC(F)(C(F)(F)F)NC=C1. The van der Waals surface area contributed by atoms with Gasteiger partial charge in [0.15, 0.2) is 0 Å². The second-order valence-corrected chi connectivity index (χ2v) is 2.45. The minimum Gasteiger partial charge on any atom is -0.349 e. The molecule has 13 heavy (non-hydrogen) atoms. The lowest BCUT2D eigenvalue weighted by atomic mass is 10.1. The summed E-state index contributed by atoms with van der Waals surface area (Å²) in [5.41, 5.74) is -0.349. The van der Waals surface area contributed by atoms with Gasteiger partial charge in [-0.25, -0.2) is 4.39 Å². The molecule has 1 unspecified atom stereocenters. The number of hydrogen-bond acceptors (Lipinski definition) is 2. The topological polar surface area (TPSA) is 29.1 Å². The predicted octanol–water partition coefficient (Wildman–Crippen LogP) is 1.46. The summed E-state index contributed by atoms with van der Waals surface area (Å²) in [6.45, 7) is 0. The highest BCUT2D eigenvalue weighted by Gasteiger charge is 2.55. The maximum Gasteiger partial charge on any atom is 0.445 e. The van der Waals surface area contributed by atoms with Crippen LogP contribution in [0.4, 0.5) is 17.6 Å². The molecule has 1 rings (SSSR count). The van der Waals surface area contributed by atoms with Crippen LogP contribution < -0.4 is 5.32 Å². The van der Waals surface area contributed by atoms with Crippen LogP contribution in [0.1, 0.15) is 0 Å². The van der Waals surface area contributed by atoms with Gasteiger partial charge in [0.25, 0.3) is 5.79 Å². The fourth-order valence-electron chi connectivity index (χ4n) is 0.816. The average molecular weight is 195 g/mol. The van der Waals surface area contributed by atoms with E-state index in [2.05, 4.69) is 0 Å². The Hall–Kier alpha value is -1.33. The second kappa shape index (κ2) is 2.86. The summed E-state index contributed by atoms with van der Waals surface area (Å²) in [6.07, 6.45) is -2.93. The molecule has 1 aliphatic heterocycles. The molecular formula is C7H5F4NO. The van der Waals surface area contributed by atoms with Crippen LogP contribution in [0.15, 0.2) is 23.9 Å². The van der Waals surface area contributed by atoms with Gasteiger partial charge in [0.05, 0.1) is 0 Å². The molecule has 0 amide bonds. The number of carbonyl (C=O) groups is 1. The average Bonchev–Trinajstić information content (AvgIpc) is 2.02. The molecule has 0 fully saturated rings. The highest BCUT2D eigenvalue weighted by Crippen LogP contribution is 2.34. The van der Waals surface area contributed by atoms with E-state index in [-0.39, 0.29) is 17.9 Å². The van der Waals surface area contributed by atoms with Crippen molar-refractivity contribution in [3.05, 3.63) is 23.9 Å². The summed E-state index contributed by atoms with van der Waals surface area (Å²) in [4.78, 5) is 10.1. The molecule has 72 valence electrons. The third-order valence-electron chi connectivity index (χ3n) is 1.48. The summed E-state index contributed by atoms with van der Waals surface area (Å²) in [5.74, 6) is -3.64. The van der Waals surface area contributed by atoms with Gasteiger partial charge in [0, 0.05) is 11.8 Å². The van der Waals surface area contributed by atoms with E-state index in [1.54, 1.807) is 0 Å². The van der Waals surface area contributed by atoms with Gasteiger partial charge in [-0.15, -0.1) is 0 Å². The summed E-state index contributed by atoms with van der Waals surface area (Å²) in [7, 11) is 0. The lowest BCUT2D eigenvalue weighted by Gasteiger charge is -2.27. The molecule has 0 aromatic heterocycles. The first-order valence-corrected chi connectivity index (χ1v) is 3.27. The smallest absolute Gasteiger partial charge is 0.349 e. The van der Waals surface area contributed by atoms with Crippen molar-refractivity contribution in [1.29, 1.82) is 0 Å². The minimum atomic E-state index is -5.08. The van der Waals surface area contributed by atoms with Crippen LogP contribution in [0.3, 0.4) is 0 Å². The molecule has 1 heterocycles. The van der Waals surface area contributed by atoms with E-state index in [9.17, 15) is 22.4 Å². The van der Waals surface area contributed by atoms with Gasteiger partial charge >= 0.3 is 6.18 Å². The van der Waals surface area contributed by atoms with Crippen molar-refractivity contribution in [3.8, 4) is 0 Å². The van der Waals surface area contributed by atoms with Crippen molar-refractivity contribution in [1.82, 2.24) is 5.32 Å². The molecule has 0 aromatic rings. The van der Waals surface area contributed by atoms with Crippen molar-refractivity contribution < 1.29 is 22.4 Å². The molecule has 1 aliphatic rings. The minimum absolute atomic E-state index is 0.150. The van der Waals surface area contributed by atoms with Crippen LogP contribution in [0.25, 0.3) is 0 Å². The maximum atomic E-state index is 13.0. The molecule has 0 aliphatic carbocycles. The van der Waals surface area contributed by atoms with Crippen molar-refractivity contribution >= 4 is 6.29 Å². The number of nitrogens with one attached hydrogen (secondary N) is 1. The van der Waals surface area contributed by atoms with Crippen molar-refractivity contribution in [2.24, 2.45) is 0 Å². The van der Waals surface area contributed by atoms with Crippen LogP contribution in [-0.2, 0) is 4.79 Å². The summed E-state index contributed by atoms with van der Waals surface area (Å²) in [6, 6.07) is 0. The number of dihydropyridines is 1. The predicted molar refractivity (Wildman–Crippen MR) is 36.3 cm³/mol. The molecule has 0 radical (unpaired) electrons. The molecule has 1 atom stereocenters. The number of allylic oxidation sites excluding steroid dienone is 2. The van der Waals surface area contributed by atoms with E-state index in [1.807, 2.05) is 0 Å². The van der Waals surface area contributed by atoms with Crippen molar-refractivity contribution in [2.75, 3.05) is 0 Å². The lowest BCUT2D eigenvalue weighted by Crippen LogP contribution is -2.50. The van der Waals surface area contributed by atoms with E-state index >= 15 is 0 Å². The van der Waals surface area contributed by atoms with Gasteiger partial charge in [-0.1, -0.05) is 0 Å². The van der Waals surface area contributed by atoms with Crippen molar-refractivity contribution in [2.45, 2.75) is 12.0 Å². The second-order valence-electron chi connectivity index (χ2n) is 2.45. The number of rotatable bonds is 1. The normalized spacial score (nSPS) is 27.8. The fourth-order valence-corrected chi connectivity index (χ4v) is 0.816. The first-order chi connectivity index (χ1) is 5.89. The zero-order valence-corrected chi connectivity index (χ0v) is 6.23. The highest BCUT2D eigenvalue weighted by atomic mass is 19.4. The van der Waals surface area contributed by atoms with Crippen LogP contribution >= 0.6 is 0 Å². The highest BCUT2D eigenvalue weighted by molar-refractivity contribution is 5.78. The van der Waals surface area contributed by atoms with E-state index in [4.69, 9.17) is 0 Å². The standard InChI is InChI=1S/C7H5F4NO/c8-6(7(9,10)11)3-5(4-13)1-2-12-6/h1-4,12H. The van der Waals surface area contributed by atoms with Gasteiger partial charge in [0.1, 0.15) is 6.29 Å². The molecule has 0 bridgehead atoms. The first kappa shape index (κ1) is 9.76. The number of aldehydes is 1. The molecular weight excluding hydrogens is 190 g/mol. The van der Waals surface area contributed by atoms with E-state index in [1.165, 1.54) is 5.32 Å². The zero-order chi connectivity index (χ0) is 10.1. The molecule has 0 saturated heterocycles. The van der Waals surface area contributed by atoms with Crippen LogP contribution in [0, 0.1) is 0 Å². The Morgan fingerprint density at radius 2 is 2.08 bits per heavy atom. The lowest BCUT2D eigenvalue weighted by molar-refractivity contribution is -0.219. The number of halogens is 4. The van der Waals surface area contributed by atoms with Crippen LogP contribution in [0.5, 0.6) is 0 Å². The summed E-state index contributed by atoms with van der Waals surface area (Å²) < 4.78 is 49.0. The van der Waals surface area contributed by atoms with Gasteiger partial charge < -0.3 is 5.32 Å². The van der Waals surface area contributed by atoms with Crippen LogP contribution in [-0.4, -0.2) is 18.3 Å². The monoisotopic (exact) mass is 195 g/mol. The molecule has 1 N–H and O–H groups in total. The third kappa shape index (κ3) is 1.71. The fraction of sp³-hybridized carbons (Fsp3) is 0.286. The first-order valence-electron chi connectivity index (χ1n) is 3.27. The number of alkyl halides is 4. The van der Waals surface area contributed by atoms with Crippen molar-refractivity contribution in [3.63, 3.8) is 0 Å². The van der Waals surface area contributed by atoms with Gasteiger partial charge in [-0.05, 0) is 12.2 Å². The summed E-state index contributed by atoms with van der Waals surface area (Å²) >= 11 is 0. The zero-order valence-electron chi connectivity index (χ0n) is 6.23. The molecule has 0 spiro atoms.